The zero-order valence-corrected chi connectivity index (χ0v) is 16.1. The Hall–Kier alpha value is -0.910. The lowest BCUT2D eigenvalue weighted by atomic mass is 9.71. The van der Waals surface area contributed by atoms with E-state index in [0.29, 0.717) is 13.0 Å². The molecule has 5 nitrogen and oxygen atoms in total. The summed E-state index contributed by atoms with van der Waals surface area (Å²) in [6, 6.07) is 0. The van der Waals surface area contributed by atoms with Crippen LogP contribution in [0, 0.1) is 5.41 Å². The first-order valence-electron chi connectivity index (χ1n) is 9.98. The molecule has 0 saturated carbocycles. The standard InChI is InChI=1S/C20H36N2O3/c1-3-5-6-7-9-19(24)22-12-8-11-20(17-22)16-21(13-10-18(20)23)14-15-25-4-2/h3,5,18,23H,4,6-17H2,1-2H3/t18-,20-/m1/s1. The minimum absolute atomic E-state index is 0.151. The fourth-order valence-electron chi connectivity index (χ4n) is 4.24. The lowest BCUT2D eigenvalue weighted by molar-refractivity contribution is -0.141. The molecular weight excluding hydrogens is 316 g/mol. The molecule has 1 spiro atoms. The molecule has 2 aliphatic rings. The largest absolute Gasteiger partial charge is 0.392 e. The molecule has 5 heteroatoms. The quantitative estimate of drug-likeness (QED) is 0.538. The number of ether oxygens (including phenoxy) is 1. The van der Waals surface area contributed by atoms with Crippen molar-refractivity contribution in [3.05, 3.63) is 12.2 Å². The van der Waals surface area contributed by atoms with E-state index in [0.717, 1.165) is 71.5 Å². The van der Waals surface area contributed by atoms with Crippen molar-refractivity contribution in [3.8, 4) is 0 Å². The molecule has 2 heterocycles. The van der Waals surface area contributed by atoms with E-state index in [1.165, 1.54) is 0 Å². The van der Waals surface area contributed by atoms with Crippen molar-refractivity contribution in [2.45, 2.75) is 58.5 Å². The van der Waals surface area contributed by atoms with E-state index in [1.54, 1.807) is 0 Å². The van der Waals surface area contributed by atoms with Crippen LogP contribution in [0.4, 0.5) is 0 Å². The molecule has 1 N–H and O–H groups in total. The van der Waals surface area contributed by atoms with Crippen molar-refractivity contribution in [2.75, 3.05) is 45.9 Å². The van der Waals surface area contributed by atoms with Crippen molar-refractivity contribution >= 4 is 5.91 Å². The van der Waals surface area contributed by atoms with Crippen LogP contribution in [0.1, 0.15) is 52.4 Å². The maximum atomic E-state index is 12.6. The van der Waals surface area contributed by atoms with E-state index in [1.807, 2.05) is 24.8 Å². The number of hydrogen-bond acceptors (Lipinski definition) is 4. The van der Waals surface area contributed by atoms with Gasteiger partial charge < -0.3 is 19.6 Å². The van der Waals surface area contributed by atoms with Gasteiger partial charge in [-0.2, -0.15) is 0 Å². The van der Waals surface area contributed by atoms with Gasteiger partial charge in [0.25, 0.3) is 0 Å². The highest BCUT2D eigenvalue weighted by atomic mass is 16.5. The fourth-order valence-corrected chi connectivity index (χ4v) is 4.24. The highest BCUT2D eigenvalue weighted by Gasteiger charge is 2.46. The Morgan fingerprint density at radius 1 is 1.36 bits per heavy atom. The molecule has 1 amide bonds. The van der Waals surface area contributed by atoms with Crippen LogP contribution in [-0.4, -0.2) is 72.9 Å². The maximum Gasteiger partial charge on any atom is 0.222 e. The molecular formula is C20H36N2O3. The van der Waals surface area contributed by atoms with Gasteiger partial charge in [0, 0.05) is 51.2 Å². The number of aliphatic hydroxyl groups excluding tert-OH is 1. The number of unbranched alkanes of at least 4 members (excludes halogenated alkanes) is 1. The summed E-state index contributed by atoms with van der Waals surface area (Å²) in [6.45, 7) is 9.79. The first kappa shape index (κ1) is 20.4. The van der Waals surface area contributed by atoms with Crippen LogP contribution in [0.2, 0.25) is 0 Å². The van der Waals surface area contributed by atoms with Crippen molar-refractivity contribution < 1.29 is 14.6 Å². The highest BCUT2D eigenvalue weighted by Crippen LogP contribution is 2.39. The summed E-state index contributed by atoms with van der Waals surface area (Å²) in [4.78, 5) is 17.0. The SMILES string of the molecule is CC=CCCCC(=O)N1CCC[C@@]2(CN(CCOCC)CC[C@H]2O)C1. The average molecular weight is 353 g/mol. The molecule has 2 atom stereocenters. The third kappa shape index (κ3) is 5.80. The molecule has 2 aliphatic heterocycles. The van der Waals surface area contributed by atoms with Crippen molar-refractivity contribution in [2.24, 2.45) is 5.41 Å². The van der Waals surface area contributed by atoms with E-state index >= 15 is 0 Å². The minimum atomic E-state index is -0.297. The second kappa shape index (κ2) is 10.3. The van der Waals surface area contributed by atoms with Crippen LogP contribution in [-0.2, 0) is 9.53 Å². The van der Waals surface area contributed by atoms with Gasteiger partial charge >= 0.3 is 0 Å². The molecule has 2 rings (SSSR count). The second-order valence-electron chi connectivity index (χ2n) is 7.52. The van der Waals surface area contributed by atoms with Crippen LogP contribution in [0.5, 0.6) is 0 Å². The topological polar surface area (TPSA) is 53.0 Å². The van der Waals surface area contributed by atoms with E-state index in [4.69, 9.17) is 4.74 Å². The predicted octanol–water partition coefficient (Wildman–Crippen LogP) is 2.44. The van der Waals surface area contributed by atoms with Crippen LogP contribution in [0.3, 0.4) is 0 Å². The van der Waals surface area contributed by atoms with Crippen LogP contribution >= 0.6 is 0 Å². The number of piperidine rings is 2. The number of amides is 1. The molecule has 144 valence electrons. The van der Waals surface area contributed by atoms with Gasteiger partial charge in [-0.1, -0.05) is 12.2 Å². The molecule has 2 fully saturated rings. The van der Waals surface area contributed by atoms with Crippen molar-refractivity contribution in [1.82, 2.24) is 9.80 Å². The van der Waals surface area contributed by atoms with E-state index in [-0.39, 0.29) is 17.4 Å². The van der Waals surface area contributed by atoms with Crippen molar-refractivity contribution in [3.63, 3.8) is 0 Å². The van der Waals surface area contributed by atoms with Crippen LogP contribution in [0.25, 0.3) is 0 Å². The third-order valence-corrected chi connectivity index (χ3v) is 5.68. The molecule has 0 aromatic rings. The van der Waals surface area contributed by atoms with Gasteiger partial charge in [-0.05, 0) is 46.0 Å². The molecule has 2 saturated heterocycles. The first-order chi connectivity index (χ1) is 12.1. The Balaban J connectivity index is 1.90. The van der Waals surface area contributed by atoms with Gasteiger partial charge in [-0.15, -0.1) is 0 Å². The number of carbonyl (C=O) groups is 1. The van der Waals surface area contributed by atoms with Gasteiger partial charge in [0.2, 0.25) is 5.91 Å². The average Bonchev–Trinajstić information content (AvgIpc) is 2.62. The van der Waals surface area contributed by atoms with Gasteiger partial charge in [0.1, 0.15) is 0 Å². The predicted molar refractivity (Wildman–Crippen MR) is 100 cm³/mol. The van der Waals surface area contributed by atoms with Crippen LogP contribution < -0.4 is 0 Å². The first-order valence-corrected chi connectivity index (χ1v) is 9.98. The molecule has 0 radical (unpaired) electrons. The summed E-state index contributed by atoms with van der Waals surface area (Å²) in [5, 5.41) is 10.7. The minimum Gasteiger partial charge on any atom is -0.392 e. The normalized spacial score (nSPS) is 28.1. The highest BCUT2D eigenvalue weighted by molar-refractivity contribution is 5.76. The van der Waals surface area contributed by atoms with Gasteiger partial charge in [-0.3, -0.25) is 4.79 Å². The third-order valence-electron chi connectivity index (χ3n) is 5.68. The lowest BCUT2D eigenvalue weighted by Gasteiger charge is -2.51. The summed E-state index contributed by atoms with van der Waals surface area (Å²) in [5.74, 6) is 0.252. The number of aliphatic hydroxyl groups is 1. The number of nitrogens with zero attached hydrogens (tertiary/aromatic N) is 2. The van der Waals surface area contributed by atoms with Crippen molar-refractivity contribution in [1.29, 1.82) is 0 Å². The number of rotatable bonds is 8. The Bertz CT molecular complexity index is 441. The Morgan fingerprint density at radius 3 is 2.96 bits per heavy atom. The summed E-state index contributed by atoms with van der Waals surface area (Å²) in [6.07, 6.45) is 9.17. The number of allylic oxidation sites excluding steroid dienone is 2. The summed E-state index contributed by atoms with van der Waals surface area (Å²) in [7, 11) is 0. The van der Waals surface area contributed by atoms with Gasteiger partial charge in [0.15, 0.2) is 0 Å². The Morgan fingerprint density at radius 2 is 2.20 bits per heavy atom. The number of carbonyl (C=O) groups excluding carboxylic acids is 1. The monoisotopic (exact) mass is 352 g/mol. The zero-order valence-electron chi connectivity index (χ0n) is 16.1. The second-order valence-corrected chi connectivity index (χ2v) is 7.52. The van der Waals surface area contributed by atoms with Gasteiger partial charge in [-0.25, -0.2) is 0 Å². The van der Waals surface area contributed by atoms with E-state index in [2.05, 4.69) is 11.0 Å². The molecule has 0 bridgehead atoms. The lowest BCUT2D eigenvalue weighted by Crippen LogP contribution is -2.60. The summed E-state index contributed by atoms with van der Waals surface area (Å²) >= 11 is 0. The van der Waals surface area contributed by atoms with Crippen LogP contribution in [0.15, 0.2) is 12.2 Å². The van der Waals surface area contributed by atoms with E-state index in [9.17, 15) is 9.90 Å². The number of likely N-dealkylation sites (tertiary alicyclic amines) is 2. The molecule has 25 heavy (non-hydrogen) atoms. The maximum absolute atomic E-state index is 12.6. The van der Waals surface area contributed by atoms with Gasteiger partial charge in [0.05, 0.1) is 12.7 Å². The summed E-state index contributed by atoms with van der Waals surface area (Å²) < 4.78 is 5.49. The molecule has 0 unspecified atom stereocenters. The Labute approximate surface area is 153 Å². The summed E-state index contributed by atoms with van der Waals surface area (Å²) in [5.41, 5.74) is -0.151. The van der Waals surface area contributed by atoms with E-state index < -0.39 is 0 Å². The molecule has 0 aromatic carbocycles. The molecule has 0 aromatic heterocycles. The molecule has 0 aliphatic carbocycles. The fraction of sp³-hybridized carbons (Fsp3) is 0.850. The number of hydrogen-bond donors (Lipinski definition) is 1. The smallest absolute Gasteiger partial charge is 0.222 e. The zero-order chi connectivity index (χ0) is 18.1. The Kier molecular flexibility index (Phi) is 8.40.